The number of nitrogens with zero attached hydrogens (tertiary/aromatic N) is 2. The van der Waals surface area contributed by atoms with E-state index >= 15 is 0 Å². The van der Waals surface area contributed by atoms with Crippen molar-refractivity contribution in [3.05, 3.63) is 34.8 Å². The standard InChI is InChI=1S/C19H27N3O4/c1-14(2)16(21-9-11-25-12-10-21)13-20-18(23)7-8-22-15-5-3-4-6-17(15)26-19(22)24/h3-6,14,16H,7-13H2,1-2H3,(H,20,23). The van der Waals surface area contributed by atoms with Crippen LogP contribution < -0.4 is 11.1 Å². The summed E-state index contributed by atoms with van der Waals surface area (Å²) < 4.78 is 12.1. The van der Waals surface area contributed by atoms with Gasteiger partial charge in [-0.3, -0.25) is 14.3 Å². The van der Waals surface area contributed by atoms with Crippen LogP contribution in [0.3, 0.4) is 0 Å². The predicted octanol–water partition coefficient (Wildman–Crippen LogP) is 1.46. The fraction of sp³-hybridized carbons (Fsp3) is 0.579. The molecule has 1 amide bonds. The summed E-state index contributed by atoms with van der Waals surface area (Å²) in [7, 11) is 0. The van der Waals surface area contributed by atoms with Gasteiger partial charge in [0, 0.05) is 38.6 Å². The second-order valence-electron chi connectivity index (χ2n) is 7.00. The van der Waals surface area contributed by atoms with Gasteiger partial charge in [-0.2, -0.15) is 0 Å². The third-order valence-corrected chi connectivity index (χ3v) is 4.93. The molecule has 1 unspecified atom stereocenters. The van der Waals surface area contributed by atoms with Gasteiger partial charge in [-0.1, -0.05) is 26.0 Å². The lowest BCUT2D eigenvalue weighted by Gasteiger charge is -2.36. The topological polar surface area (TPSA) is 76.7 Å². The number of carbonyl (C=O) groups excluding carboxylic acids is 1. The summed E-state index contributed by atoms with van der Waals surface area (Å²) in [4.78, 5) is 26.6. The van der Waals surface area contributed by atoms with E-state index in [2.05, 4.69) is 24.1 Å². The Morgan fingerprint density at radius 2 is 1.96 bits per heavy atom. The fourth-order valence-corrected chi connectivity index (χ4v) is 3.44. The molecule has 0 bridgehead atoms. The minimum absolute atomic E-state index is 0.0545. The average molecular weight is 361 g/mol. The molecule has 1 atom stereocenters. The number of aryl methyl sites for hydroxylation is 1. The third kappa shape index (κ3) is 4.34. The van der Waals surface area contributed by atoms with Crippen molar-refractivity contribution in [2.24, 2.45) is 5.92 Å². The Morgan fingerprint density at radius 1 is 1.23 bits per heavy atom. The van der Waals surface area contributed by atoms with Crippen LogP contribution in [0.5, 0.6) is 0 Å². The smallest absolute Gasteiger partial charge is 0.408 e. The fourth-order valence-electron chi connectivity index (χ4n) is 3.44. The molecule has 0 spiro atoms. The Bertz CT molecular complexity index is 789. The number of hydrogen-bond donors (Lipinski definition) is 1. The van der Waals surface area contributed by atoms with Gasteiger partial charge < -0.3 is 14.5 Å². The molecule has 0 aliphatic carbocycles. The zero-order valence-corrected chi connectivity index (χ0v) is 15.4. The Kier molecular flexibility index (Phi) is 6.11. The quantitative estimate of drug-likeness (QED) is 0.808. The Balaban J connectivity index is 1.54. The maximum absolute atomic E-state index is 12.3. The number of aromatic nitrogens is 1. The van der Waals surface area contributed by atoms with Crippen LogP contribution in [-0.4, -0.2) is 54.3 Å². The van der Waals surface area contributed by atoms with Gasteiger partial charge >= 0.3 is 5.76 Å². The lowest BCUT2D eigenvalue weighted by atomic mass is 10.0. The van der Waals surface area contributed by atoms with Crippen molar-refractivity contribution >= 4 is 17.0 Å². The maximum Gasteiger partial charge on any atom is 0.419 e. The number of amides is 1. The van der Waals surface area contributed by atoms with Gasteiger partial charge in [-0.05, 0) is 18.1 Å². The number of nitrogens with one attached hydrogen (secondary N) is 1. The number of carbonyl (C=O) groups is 1. The molecule has 1 saturated heterocycles. The number of para-hydroxylation sites is 2. The van der Waals surface area contributed by atoms with Crippen LogP contribution in [0.25, 0.3) is 11.1 Å². The molecule has 142 valence electrons. The van der Waals surface area contributed by atoms with Gasteiger partial charge in [0.05, 0.1) is 18.7 Å². The van der Waals surface area contributed by atoms with Crippen molar-refractivity contribution in [2.45, 2.75) is 32.9 Å². The van der Waals surface area contributed by atoms with Gasteiger partial charge in [0.25, 0.3) is 0 Å². The molecule has 1 N–H and O–H groups in total. The molecule has 0 saturated carbocycles. The van der Waals surface area contributed by atoms with Crippen molar-refractivity contribution in [1.29, 1.82) is 0 Å². The lowest BCUT2D eigenvalue weighted by molar-refractivity contribution is -0.121. The maximum atomic E-state index is 12.3. The van der Waals surface area contributed by atoms with Crippen molar-refractivity contribution in [3.8, 4) is 0 Å². The van der Waals surface area contributed by atoms with E-state index < -0.39 is 5.76 Å². The molecule has 1 fully saturated rings. The first kappa shape index (κ1) is 18.7. The number of morpholine rings is 1. The molecule has 1 aliphatic heterocycles. The van der Waals surface area contributed by atoms with Gasteiger partial charge in [0.15, 0.2) is 5.58 Å². The summed E-state index contributed by atoms with van der Waals surface area (Å²) >= 11 is 0. The monoisotopic (exact) mass is 361 g/mol. The van der Waals surface area contributed by atoms with Gasteiger partial charge in [0.2, 0.25) is 5.91 Å². The number of oxazole rings is 1. The van der Waals surface area contributed by atoms with E-state index in [1.807, 2.05) is 18.2 Å². The summed E-state index contributed by atoms with van der Waals surface area (Å²) in [6, 6.07) is 7.54. The van der Waals surface area contributed by atoms with Gasteiger partial charge in [-0.25, -0.2) is 4.79 Å². The SMILES string of the molecule is CC(C)C(CNC(=O)CCn1c(=O)oc2ccccc21)N1CCOCC1. The number of hydrogen-bond acceptors (Lipinski definition) is 5. The van der Waals surface area contributed by atoms with Crippen LogP contribution in [0.2, 0.25) is 0 Å². The third-order valence-electron chi connectivity index (χ3n) is 4.93. The summed E-state index contributed by atoms with van der Waals surface area (Å²) in [6.45, 7) is 8.54. The summed E-state index contributed by atoms with van der Waals surface area (Å²) in [5, 5.41) is 3.02. The minimum atomic E-state index is -0.424. The number of rotatable bonds is 7. The predicted molar refractivity (Wildman–Crippen MR) is 99.1 cm³/mol. The number of fused-ring (bicyclic) bond motifs is 1. The Labute approximate surface area is 152 Å². The zero-order valence-electron chi connectivity index (χ0n) is 15.4. The zero-order chi connectivity index (χ0) is 18.5. The molecule has 1 aromatic heterocycles. The molecule has 7 nitrogen and oxygen atoms in total. The Hall–Kier alpha value is -2.12. The highest BCUT2D eigenvalue weighted by Gasteiger charge is 2.24. The van der Waals surface area contributed by atoms with E-state index in [4.69, 9.17) is 9.15 Å². The second-order valence-corrected chi connectivity index (χ2v) is 7.00. The molecular weight excluding hydrogens is 334 g/mol. The molecule has 0 radical (unpaired) electrons. The van der Waals surface area contributed by atoms with Crippen LogP contribution in [0.1, 0.15) is 20.3 Å². The van der Waals surface area contributed by atoms with E-state index in [1.165, 1.54) is 4.57 Å². The van der Waals surface area contributed by atoms with E-state index in [1.54, 1.807) is 6.07 Å². The highest BCUT2D eigenvalue weighted by Crippen LogP contribution is 2.13. The van der Waals surface area contributed by atoms with Gasteiger partial charge in [-0.15, -0.1) is 0 Å². The normalized spacial score (nSPS) is 16.9. The number of benzene rings is 1. The van der Waals surface area contributed by atoms with E-state index in [0.717, 1.165) is 31.8 Å². The van der Waals surface area contributed by atoms with Gasteiger partial charge in [0.1, 0.15) is 0 Å². The average Bonchev–Trinajstić information content (AvgIpc) is 2.96. The van der Waals surface area contributed by atoms with Crippen molar-refractivity contribution < 1.29 is 13.9 Å². The molecule has 3 rings (SSSR count). The van der Waals surface area contributed by atoms with Crippen molar-refractivity contribution in [2.75, 3.05) is 32.8 Å². The number of ether oxygens (including phenoxy) is 1. The van der Waals surface area contributed by atoms with Crippen LogP contribution in [0, 0.1) is 5.92 Å². The summed E-state index contributed by atoms with van der Waals surface area (Å²) in [6.07, 6.45) is 0.247. The van der Waals surface area contributed by atoms with Crippen molar-refractivity contribution in [1.82, 2.24) is 14.8 Å². The van der Waals surface area contributed by atoms with E-state index in [-0.39, 0.29) is 12.3 Å². The highest BCUT2D eigenvalue weighted by molar-refractivity contribution is 5.76. The molecule has 26 heavy (non-hydrogen) atoms. The molecule has 2 heterocycles. The van der Waals surface area contributed by atoms with Crippen molar-refractivity contribution in [3.63, 3.8) is 0 Å². The lowest BCUT2D eigenvalue weighted by Crippen LogP contribution is -2.51. The van der Waals surface area contributed by atoms with Crippen LogP contribution in [-0.2, 0) is 16.1 Å². The van der Waals surface area contributed by atoms with E-state index in [9.17, 15) is 9.59 Å². The van der Waals surface area contributed by atoms with Crippen LogP contribution in [0.15, 0.2) is 33.5 Å². The Morgan fingerprint density at radius 3 is 2.69 bits per heavy atom. The van der Waals surface area contributed by atoms with Crippen LogP contribution >= 0.6 is 0 Å². The first-order valence-electron chi connectivity index (χ1n) is 9.23. The minimum Gasteiger partial charge on any atom is -0.408 e. The van der Waals surface area contributed by atoms with Crippen LogP contribution in [0.4, 0.5) is 0 Å². The summed E-state index contributed by atoms with van der Waals surface area (Å²) in [5.74, 6) is -0.0395. The summed E-state index contributed by atoms with van der Waals surface area (Å²) in [5.41, 5.74) is 1.27. The highest BCUT2D eigenvalue weighted by atomic mass is 16.5. The first-order valence-corrected chi connectivity index (χ1v) is 9.23. The van der Waals surface area contributed by atoms with E-state index in [0.29, 0.717) is 30.6 Å². The molecule has 1 aliphatic rings. The molecular formula is C19H27N3O4. The molecule has 7 heteroatoms. The largest absolute Gasteiger partial charge is 0.419 e. The first-order chi connectivity index (χ1) is 12.6. The molecule has 1 aromatic carbocycles. The molecule has 2 aromatic rings. The second kappa shape index (κ2) is 8.51.